The minimum absolute atomic E-state index is 0.288. The van der Waals surface area contributed by atoms with Crippen LogP contribution in [0.4, 0.5) is 10.5 Å². The average Bonchev–Trinajstić information content (AvgIpc) is 2.77. The molecule has 0 fully saturated rings. The fourth-order valence-corrected chi connectivity index (χ4v) is 3.35. The third-order valence-corrected chi connectivity index (χ3v) is 5.08. The van der Waals surface area contributed by atoms with Crippen LogP contribution in [0, 0.1) is 0 Å². The number of anilines is 1. The van der Waals surface area contributed by atoms with Gasteiger partial charge in [0.05, 0.1) is 21.3 Å². The van der Waals surface area contributed by atoms with Crippen LogP contribution in [0.2, 0.25) is 0 Å². The molecule has 0 bridgehead atoms. The summed E-state index contributed by atoms with van der Waals surface area (Å²) in [7, 11) is 4.75. The van der Waals surface area contributed by atoms with Crippen molar-refractivity contribution in [2.75, 3.05) is 33.2 Å². The summed E-state index contributed by atoms with van der Waals surface area (Å²) in [5.41, 5.74) is 2.73. The van der Waals surface area contributed by atoms with Gasteiger partial charge in [0.1, 0.15) is 11.8 Å². The number of rotatable bonds is 6. The Morgan fingerprint density at radius 2 is 1.70 bits per heavy atom. The van der Waals surface area contributed by atoms with E-state index in [2.05, 4.69) is 10.6 Å². The lowest BCUT2D eigenvalue weighted by molar-refractivity contribution is -0.117. The summed E-state index contributed by atoms with van der Waals surface area (Å²) in [5, 5.41) is 5.55. The number of hydrogen-bond acceptors (Lipinski definition) is 5. The van der Waals surface area contributed by atoms with Crippen LogP contribution in [0.1, 0.15) is 18.1 Å². The van der Waals surface area contributed by atoms with Gasteiger partial charge in [-0.05, 0) is 48.7 Å². The number of urea groups is 1. The molecular formula is C22H27N3O5. The lowest BCUT2D eigenvalue weighted by Gasteiger charge is -2.30. The topological polar surface area (TPSA) is 89.1 Å². The molecule has 0 radical (unpaired) electrons. The minimum Gasteiger partial charge on any atom is -0.497 e. The molecule has 1 aliphatic rings. The number of amides is 3. The highest BCUT2D eigenvalue weighted by Gasteiger charge is 2.25. The van der Waals surface area contributed by atoms with E-state index in [0.717, 1.165) is 11.1 Å². The van der Waals surface area contributed by atoms with Crippen LogP contribution in [-0.4, -0.2) is 50.8 Å². The van der Waals surface area contributed by atoms with Gasteiger partial charge in [-0.25, -0.2) is 4.79 Å². The summed E-state index contributed by atoms with van der Waals surface area (Å²) < 4.78 is 15.9. The Morgan fingerprint density at radius 1 is 1.00 bits per heavy atom. The highest BCUT2D eigenvalue weighted by molar-refractivity contribution is 5.96. The van der Waals surface area contributed by atoms with Crippen LogP contribution < -0.4 is 24.8 Å². The van der Waals surface area contributed by atoms with E-state index in [1.54, 1.807) is 57.4 Å². The summed E-state index contributed by atoms with van der Waals surface area (Å²) in [6.07, 6.45) is 0.702. The van der Waals surface area contributed by atoms with Gasteiger partial charge in [0.15, 0.2) is 11.5 Å². The SMILES string of the molecule is COc1cccc(NC(=O)[C@H](C)NC(=O)N2CCc3cc(OC)c(OC)cc3C2)c1. The Balaban J connectivity index is 1.61. The van der Waals surface area contributed by atoms with Gasteiger partial charge in [-0.3, -0.25) is 4.79 Å². The third kappa shape index (κ3) is 4.76. The highest BCUT2D eigenvalue weighted by atomic mass is 16.5. The van der Waals surface area contributed by atoms with Crippen LogP contribution >= 0.6 is 0 Å². The Hall–Kier alpha value is -3.42. The molecule has 0 spiro atoms. The lowest BCUT2D eigenvalue weighted by atomic mass is 9.99. The summed E-state index contributed by atoms with van der Waals surface area (Å²) >= 11 is 0. The summed E-state index contributed by atoms with van der Waals surface area (Å²) in [4.78, 5) is 26.9. The van der Waals surface area contributed by atoms with Crippen molar-refractivity contribution in [1.29, 1.82) is 0 Å². The van der Waals surface area contributed by atoms with E-state index in [0.29, 0.717) is 42.4 Å². The molecule has 160 valence electrons. The first-order chi connectivity index (χ1) is 14.4. The molecular weight excluding hydrogens is 386 g/mol. The molecule has 30 heavy (non-hydrogen) atoms. The number of nitrogens with one attached hydrogen (secondary N) is 2. The third-order valence-electron chi connectivity index (χ3n) is 5.08. The van der Waals surface area contributed by atoms with Crippen molar-refractivity contribution in [3.8, 4) is 17.2 Å². The maximum Gasteiger partial charge on any atom is 0.318 e. The van der Waals surface area contributed by atoms with Crippen LogP contribution in [0.5, 0.6) is 17.2 Å². The minimum atomic E-state index is -0.699. The molecule has 0 saturated heterocycles. The number of hydrogen-bond donors (Lipinski definition) is 2. The molecule has 2 N–H and O–H groups in total. The van der Waals surface area contributed by atoms with Crippen LogP contribution in [-0.2, 0) is 17.8 Å². The maximum atomic E-state index is 12.7. The van der Waals surface area contributed by atoms with Gasteiger partial charge in [-0.15, -0.1) is 0 Å². The van der Waals surface area contributed by atoms with Crippen molar-refractivity contribution in [1.82, 2.24) is 10.2 Å². The van der Waals surface area contributed by atoms with E-state index in [4.69, 9.17) is 14.2 Å². The summed E-state index contributed by atoms with van der Waals surface area (Å²) in [6.45, 7) is 2.64. The summed E-state index contributed by atoms with van der Waals surface area (Å²) in [5.74, 6) is 1.64. The molecule has 1 heterocycles. The highest BCUT2D eigenvalue weighted by Crippen LogP contribution is 2.33. The van der Waals surface area contributed by atoms with Crippen molar-refractivity contribution >= 4 is 17.6 Å². The molecule has 0 saturated carbocycles. The van der Waals surface area contributed by atoms with Crippen LogP contribution in [0.25, 0.3) is 0 Å². The van der Waals surface area contributed by atoms with Crippen LogP contribution in [0.3, 0.4) is 0 Å². The number of benzene rings is 2. The largest absolute Gasteiger partial charge is 0.497 e. The fraction of sp³-hybridized carbons (Fsp3) is 0.364. The molecule has 0 aliphatic carbocycles. The predicted molar refractivity (Wildman–Crippen MR) is 113 cm³/mol. The number of carbonyl (C=O) groups excluding carboxylic acids is 2. The van der Waals surface area contributed by atoms with Crippen LogP contribution in [0.15, 0.2) is 36.4 Å². The van der Waals surface area contributed by atoms with E-state index in [1.807, 2.05) is 12.1 Å². The van der Waals surface area contributed by atoms with Crippen molar-refractivity contribution in [2.45, 2.75) is 25.9 Å². The molecule has 8 heteroatoms. The number of fused-ring (bicyclic) bond motifs is 1. The molecule has 2 aromatic rings. The number of nitrogens with zero attached hydrogens (tertiary/aromatic N) is 1. The van der Waals surface area contributed by atoms with E-state index in [1.165, 1.54) is 0 Å². The van der Waals surface area contributed by atoms with E-state index in [9.17, 15) is 9.59 Å². The molecule has 3 rings (SSSR count). The van der Waals surface area contributed by atoms with E-state index in [-0.39, 0.29) is 11.9 Å². The van der Waals surface area contributed by atoms with Crippen molar-refractivity contribution < 1.29 is 23.8 Å². The van der Waals surface area contributed by atoms with Gasteiger partial charge >= 0.3 is 6.03 Å². The summed E-state index contributed by atoms with van der Waals surface area (Å²) in [6, 6.07) is 9.92. The van der Waals surface area contributed by atoms with Gasteiger partial charge in [0, 0.05) is 24.8 Å². The van der Waals surface area contributed by atoms with E-state index >= 15 is 0 Å². The second kappa shape index (κ2) is 9.39. The van der Waals surface area contributed by atoms with Gasteiger partial charge in [0.25, 0.3) is 0 Å². The molecule has 0 aromatic heterocycles. The Labute approximate surface area is 176 Å². The van der Waals surface area contributed by atoms with Crippen molar-refractivity contribution in [3.05, 3.63) is 47.5 Å². The zero-order valence-electron chi connectivity index (χ0n) is 17.7. The van der Waals surface area contributed by atoms with E-state index < -0.39 is 6.04 Å². The maximum absolute atomic E-state index is 12.7. The Kier molecular flexibility index (Phi) is 6.66. The number of ether oxygens (including phenoxy) is 3. The second-order valence-electron chi connectivity index (χ2n) is 7.04. The van der Waals surface area contributed by atoms with Gasteiger partial charge < -0.3 is 29.7 Å². The smallest absolute Gasteiger partial charge is 0.318 e. The fourth-order valence-electron chi connectivity index (χ4n) is 3.35. The molecule has 3 amide bonds. The number of methoxy groups -OCH3 is 3. The van der Waals surface area contributed by atoms with Crippen molar-refractivity contribution in [3.63, 3.8) is 0 Å². The molecule has 0 unspecified atom stereocenters. The Bertz CT molecular complexity index is 931. The first kappa shape index (κ1) is 21.3. The average molecular weight is 413 g/mol. The normalized spacial score (nSPS) is 13.7. The first-order valence-electron chi connectivity index (χ1n) is 9.69. The van der Waals surface area contributed by atoms with Crippen molar-refractivity contribution in [2.24, 2.45) is 0 Å². The van der Waals surface area contributed by atoms with Gasteiger partial charge in [-0.2, -0.15) is 0 Å². The molecule has 8 nitrogen and oxygen atoms in total. The van der Waals surface area contributed by atoms with Gasteiger partial charge in [-0.1, -0.05) is 6.07 Å². The zero-order valence-corrected chi connectivity index (χ0v) is 17.7. The van der Waals surface area contributed by atoms with Gasteiger partial charge in [0.2, 0.25) is 5.91 Å². The quantitative estimate of drug-likeness (QED) is 0.760. The lowest BCUT2D eigenvalue weighted by Crippen LogP contribution is -2.49. The Morgan fingerprint density at radius 3 is 2.37 bits per heavy atom. The number of carbonyl (C=O) groups is 2. The zero-order chi connectivity index (χ0) is 21.7. The standard InChI is InChI=1S/C22H27N3O5/c1-14(21(26)24-17-6-5-7-18(12-17)28-2)23-22(27)25-9-8-15-10-19(29-3)20(30-4)11-16(15)13-25/h5-7,10-12,14H,8-9,13H2,1-4H3,(H,23,27)(H,24,26)/t14-/m0/s1. The molecule has 2 aromatic carbocycles. The second-order valence-corrected chi connectivity index (χ2v) is 7.04. The monoisotopic (exact) mass is 413 g/mol. The molecule has 1 atom stereocenters. The predicted octanol–water partition coefficient (Wildman–Crippen LogP) is 2.81. The molecule has 1 aliphatic heterocycles. The first-order valence-corrected chi connectivity index (χ1v) is 9.69.